The summed E-state index contributed by atoms with van der Waals surface area (Å²) in [6.45, 7) is 0. The van der Waals surface area contributed by atoms with Crippen LogP contribution in [0.15, 0.2) is 48.5 Å². The first-order valence-corrected chi connectivity index (χ1v) is 6.00. The normalized spacial score (nSPS) is 14.8. The van der Waals surface area contributed by atoms with E-state index < -0.39 is 0 Å². The van der Waals surface area contributed by atoms with Crippen molar-refractivity contribution in [3.63, 3.8) is 0 Å². The molecule has 1 aliphatic rings. The third-order valence-corrected chi connectivity index (χ3v) is 3.14. The predicted molar refractivity (Wildman–Crippen MR) is 78.0 cm³/mol. The molecule has 3 nitrogen and oxygen atoms in total. The molecule has 2 aromatic rings. The number of hydrogen-bond acceptors (Lipinski definition) is 1. The van der Waals surface area contributed by atoms with Gasteiger partial charge in [-0.25, -0.2) is 0 Å². The van der Waals surface area contributed by atoms with Crippen LogP contribution in [0.1, 0.15) is 11.1 Å². The van der Waals surface area contributed by atoms with Crippen molar-refractivity contribution in [2.24, 2.45) is 0 Å². The minimum atomic E-state index is -0.0637. The highest BCUT2D eigenvalue weighted by atomic mass is 35.5. The molecule has 0 bridgehead atoms. The molecule has 0 atom stereocenters. The van der Waals surface area contributed by atoms with E-state index in [2.05, 4.69) is 5.32 Å². The molecule has 1 aliphatic heterocycles. The highest BCUT2D eigenvalue weighted by molar-refractivity contribution is 6.35. The highest BCUT2D eigenvalue weighted by Gasteiger charge is 2.22. The fourth-order valence-electron chi connectivity index (χ4n) is 2.01. The highest BCUT2D eigenvalue weighted by Crippen LogP contribution is 2.32. The van der Waals surface area contributed by atoms with E-state index in [0.29, 0.717) is 10.6 Å². The molecule has 0 fully saturated rings. The summed E-state index contributed by atoms with van der Waals surface area (Å²) in [5.41, 5.74) is 3.45. The van der Waals surface area contributed by atoms with Gasteiger partial charge >= 0.3 is 0 Å². The van der Waals surface area contributed by atoms with Crippen molar-refractivity contribution in [2.75, 3.05) is 5.32 Å². The van der Waals surface area contributed by atoms with Crippen LogP contribution in [0, 0.1) is 0 Å². The standard InChI is InChI=1S/C15H10ClNO.H2O/c16-11-7-5-10(6-8-11)9-13-12-3-1-2-4-14(12)17-15(13)18;/h1-9H,(H,17,18);1H2/b13-9+;. The van der Waals surface area contributed by atoms with Gasteiger partial charge in [0, 0.05) is 21.8 Å². The van der Waals surface area contributed by atoms with Crippen molar-refractivity contribution >= 4 is 34.8 Å². The molecular formula is C15H12ClNO2. The zero-order chi connectivity index (χ0) is 12.5. The molecule has 96 valence electrons. The van der Waals surface area contributed by atoms with Crippen LogP contribution in [0.25, 0.3) is 11.6 Å². The Balaban J connectivity index is 0.00000133. The van der Waals surface area contributed by atoms with Crippen molar-refractivity contribution < 1.29 is 10.3 Å². The summed E-state index contributed by atoms with van der Waals surface area (Å²) < 4.78 is 0. The van der Waals surface area contributed by atoms with Crippen molar-refractivity contribution in [3.8, 4) is 0 Å². The Hall–Kier alpha value is -2.10. The summed E-state index contributed by atoms with van der Waals surface area (Å²) in [6, 6.07) is 15.1. The third kappa shape index (κ3) is 2.52. The molecule has 0 saturated heterocycles. The van der Waals surface area contributed by atoms with Gasteiger partial charge in [-0.15, -0.1) is 0 Å². The number of para-hydroxylation sites is 1. The number of nitrogens with one attached hydrogen (secondary N) is 1. The van der Waals surface area contributed by atoms with E-state index in [0.717, 1.165) is 16.8 Å². The molecular weight excluding hydrogens is 262 g/mol. The SMILES string of the molecule is O.O=C1Nc2ccccc2/C1=C\c1ccc(Cl)cc1. The van der Waals surface area contributed by atoms with Gasteiger partial charge in [0.2, 0.25) is 0 Å². The molecule has 0 aliphatic carbocycles. The van der Waals surface area contributed by atoms with Crippen LogP contribution in [0.3, 0.4) is 0 Å². The molecule has 2 aromatic carbocycles. The number of halogens is 1. The zero-order valence-electron chi connectivity index (χ0n) is 9.98. The third-order valence-electron chi connectivity index (χ3n) is 2.89. The van der Waals surface area contributed by atoms with E-state index in [1.165, 1.54) is 0 Å². The lowest BCUT2D eigenvalue weighted by atomic mass is 10.0. The Kier molecular flexibility index (Phi) is 3.69. The summed E-state index contributed by atoms with van der Waals surface area (Å²) in [4.78, 5) is 11.9. The van der Waals surface area contributed by atoms with Crippen LogP contribution in [0.4, 0.5) is 5.69 Å². The first-order valence-electron chi connectivity index (χ1n) is 5.62. The lowest BCUT2D eigenvalue weighted by molar-refractivity contribution is -0.110. The van der Waals surface area contributed by atoms with Gasteiger partial charge in [0.25, 0.3) is 5.91 Å². The van der Waals surface area contributed by atoms with E-state index in [1.54, 1.807) is 0 Å². The van der Waals surface area contributed by atoms with Gasteiger partial charge < -0.3 is 10.8 Å². The van der Waals surface area contributed by atoms with Gasteiger partial charge in [-0.2, -0.15) is 0 Å². The summed E-state index contributed by atoms with van der Waals surface area (Å²) in [7, 11) is 0. The lowest BCUT2D eigenvalue weighted by Gasteiger charge is -1.98. The van der Waals surface area contributed by atoms with E-state index >= 15 is 0 Å². The first-order chi connectivity index (χ1) is 8.74. The van der Waals surface area contributed by atoms with Crippen LogP contribution in [-0.2, 0) is 4.79 Å². The van der Waals surface area contributed by atoms with Gasteiger partial charge in [0.1, 0.15) is 0 Å². The van der Waals surface area contributed by atoms with Crippen LogP contribution < -0.4 is 5.32 Å². The van der Waals surface area contributed by atoms with Crippen molar-refractivity contribution in [3.05, 3.63) is 64.7 Å². The topological polar surface area (TPSA) is 60.6 Å². The predicted octanol–water partition coefficient (Wildman–Crippen LogP) is 3.01. The molecule has 19 heavy (non-hydrogen) atoms. The largest absolute Gasteiger partial charge is 0.412 e. The molecule has 3 N–H and O–H groups in total. The minimum Gasteiger partial charge on any atom is -0.412 e. The maximum Gasteiger partial charge on any atom is 0.256 e. The lowest BCUT2D eigenvalue weighted by Crippen LogP contribution is -2.03. The molecule has 0 radical (unpaired) electrons. The first kappa shape index (κ1) is 13.3. The average molecular weight is 274 g/mol. The number of hydrogen-bond donors (Lipinski definition) is 1. The second kappa shape index (κ2) is 5.26. The second-order valence-corrected chi connectivity index (χ2v) is 4.55. The Morgan fingerprint density at radius 3 is 2.42 bits per heavy atom. The van der Waals surface area contributed by atoms with Gasteiger partial charge in [0.15, 0.2) is 0 Å². The van der Waals surface area contributed by atoms with Crippen molar-refractivity contribution in [1.82, 2.24) is 0 Å². The zero-order valence-corrected chi connectivity index (χ0v) is 10.7. The van der Waals surface area contributed by atoms with Gasteiger partial charge in [-0.3, -0.25) is 4.79 Å². The Morgan fingerprint density at radius 1 is 1.00 bits per heavy atom. The Morgan fingerprint density at radius 2 is 1.68 bits per heavy atom. The van der Waals surface area contributed by atoms with Crippen molar-refractivity contribution in [2.45, 2.75) is 0 Å². The Labute approximate surface area is 115 Å². The molecule has 0 unspecified atom stereocenters. The number of amides is 1. The molecule has 0 spiro atoms. The molecule has 1 amide bonds. The number of fused-ring (bicyclic) bond motifs is 1. The molecule has 1 heterocycles. The van der Waals surface area contributed by atoms with Crippen LogP contribution in [0.2, 0.25) is 5.02 Å². The summed E-state index contributed by atoms with van der Waals surface area (Å²) >= 11 is 5.84. The summed E-state index contributed by atoms with van der Waals surface area (Å²) in [5.74, 6) is -0.0637. The second-order valence-electron chi connectivity index (χ2n) is 4.11. The van der Waals surface area contributed by atoms with Crippen LogP contribution in [-0.4, -0.2) is 11.4 Å². The quantitative estimate of drug-likeness (QED) is 0.798. The maximum absolute atomic E-state index is 11.9. The number of carbonyl (C=O) groups is 1. The van der Waals surface area contributed by atoms with Gasteiger partial charge in [0.05, 0.1) is 0 Å². The number of anilines is 1. The summed E-state index contributed by atoms with van der Waals surface area (Å²) in [6.07, 6.45) is 1.87. The van der Waals surface area contributed by atoms with E-state index in [-0.39, 0.29) is 11.4 Å². The van der Waals surface area contributed by atoms with E-state index in [4.69, 9.17) is 11.6 Å². The van der Waals surface area contributed by atoms with Crippen LogP contribution in [0.5, 0.6) is 0 Å². The van der Waals surface area contributed by atoms with Crippen molar-refractivity contribution in [1.29, 1.82) is 0 Å². The molecule has 4 heteroatoms. The minimum absolute atomic E-state index is 0. The Bertz CT molecular complexity index is 647. The van der Waals surface area contributed by atoms with Crippen LogP contribution >= 0.6 is 11.6 Å². The number of rotatable bonds is 1. The van der Waals surface area contributed by atoms with E-state index in [9.17, 15) is 4.79 Å². The fourth-order valence-corrected chi connectivity index (χ4v) is 2.13. The van der Waals surface area contributed by atoms with E-state index in [1.807, 2.05) is 54.6 Å². The number of benzene rings is 2. The average Bonchev–Trinajstić information content (AvgIpc) is 2.69. The maximum atomic E-state index is 11.9. The molecule has 0 aromatic heterocycles. The van der Waals surface area contributed by atoms with Gasteiger partial charge in [-0.1, -0.05) is 41.9 Å². The van der Waals surface area contributed by atoms with Gasteiger partial charge in [-0.05, 0) is 29.8 Å². The fraction of sp³-hybridized carbons (Fsp3) is 0. The molecule has 0 saturated carbocycles. The monoisotopic (exact) mass is 273 g/mol. The number of carbonyl (C=O) groups excluding carboxylic acids is 1. The smallest absolute Gasteiger partial charge is 0.256 e. The summed E-state index contributed by atoms with van der Waals surface area (Å²) in [5, 5.41) is 3.53. The molecule has 3 rings (SSSR count).